The summed E-state index contributed by atoms with van der Waals surface area (Å²) < 4.78 is 4.72. The first-order valence-corrected chi connectivity index (χ1v) is 7.26. The topological polar surface area (TPSA) is 55.6 Å². The van der Waals surface area contributed by atoms with Crippen molar-refractivity contribution in [1.82, 2.24) is 4.90 Å². The van der Waals surface area contributed by atoms with Crippen molar-refractivity contribution < 1.29 is 9.53 Å². The third-order valence-corrected chi connectivity index (χ3v) is 5.41. The Bertz CT molecular complexity index is 306. The van der Waals surface area contributed by atoms with Crippen LogP contribution in [0.3, 0.4) is 0 Å². The predicted octanol–water partition coefficient (Wildman–Crippen LogP) is 0.997. The molecule has 0 amide bonds. The molecule has 4 unspecified atom stereocenters. The zero-order valence-electron chi connectivity index (χ0n) is 11.2. The lowest BCUT2D eigenvalue weighted by molar-refractivity contribution is -0.142. The first-order chi connectivity index (χ1) is 8.69. The molecule has 3 aliphatic heterocycles. The van der Waals surface area contributed by atoms with E-state index in [2.05, 4.69) is 4.90 Å². The van der Waals surface area contributed by atoms with E-state index in [-0.39, 0.29) is 5.97 Å². The molecule has 4 heteroatoms. The Morgan fingerprint density at radius 3 is 2.72 bits per heavy atom. The van der Waals surface area contributed by atoms with E-state index < -0.39 is 6.04 Å². The number of hydrogen-bond donors (Lipinski definition) is 1. The molecule has 2 bridgehead atoms. The highest BCUT2D eigenvalue weighted by atomic mass is 16.5. The molecule has 0 spiro atoms. The fourth-order valence-electron chi connectivity index (χ4n) is 4.56. The predicted molar refractivity (Wildman–Crippen MR) is 68.9 cm³/mol. The Morgan fingerprint density at radius 1 is 1.39 bits per heavy atom. The number of rotatable bonds is 3. The van der Waals surface area contributed by atoms with Crippen molar-refractivity contribution in [3.8, 4) is 0 Å². The van der Waals surface area contributed by atoms with Gasteiger partial charge in [0.25, 0.3) is 0 Å². The Labute approximate surface area is 109 Å². The number of carbonyl (C=O) groups is 1. The number of nitrogens with zero attached hydrogens (tertiary/aromatic N) is 1. The molecule has 0 aromatic carbocycles. The molecular formula is C14H24N2O2. The summed E-state index contributed by atoms with van der Waals surface area (Å²) in [5, 5.41) is 0. The highest BCUT2D eigenvalue weighted by Gasteiger charge is 2.47. The molecule has 0 aromatic heterocycles. The third-order valence-electron chi connectivity index (χ3n) is 5.41. The average Bonchev–Trinajstić information content (AvgIpc) is 2.84. The molecule has 3 saturated heterocycles. The van der Waals surface area contributed by atoms with Crippen LogP contribution in [0.25, 0.3) is 0 Å². The van der Waals surface area contributed by atoms with Crippen molar-refractivity contribution in [3.63, 3.8) is 0 Å². The van der Waals surface area contributed by atoms with E-state index in [4.69, 9.17) is 10.5 Å². The number of methoxy groups -OCH3 is 1. The van der Waals surface area contributed by atoms with Gasteiger partial charge in [-0.05, 0) is 62.9 Å². The van der Waals surface area contributed by atoms with Gasteiger partial charge in [0, 0.05) is 6.04 Å². The van der Waals surface area contributed by atoms with Crippen molar-refractivity contribution >= 4 is 5.97 Å². The van der Waals surface area contributed by atoms with Crippen molar-refractivity contribution in [2.45, 2.75) is 44.2 Å². The standard InChI is InChI=1S/C14H24N2O2/c1-18-14(17)12(15)7-9-6-11-10-2-4-16(5-3-10)13(11)8-9/h9-13H,2-8,15H2,1H3. The van der Waals surface area contributed by atoms with Crippen molar-refractivity contribution in [2.75, 3.05) is 20.2 Å². The van der Waals surface area contributed by atoms with Gasteiger partial charge in [-0.15, -0.1) is 0 Å². The molecule has 1 aliphatic carbocycles. The van der Waals surface area contributed by atoms with Crippen molar-refractivity contribution in [1.29, 1.82) is 0 Å². The Morgan fingerprint density at radius 2 is 2.11 bits per heavy atom. The zero-order chi connectivity index (χ0) is 12.7. The summed E-state index contributed by atoms with van der Waals surface area (Å²) in [6.07, 6.45) is 6.09. The molecular weight excluding hydrogens is 228 g/mol. The van der Waals surface area contributed by atoms with Gasteiger partial charge in [0.05, 0.1) is 7.11 Å². The lowest BCUT2D eigenvalue weighted by Crippen LogP contribution is -2.52. The normalized spacial score (nSPS) is 43.6. The van der Waals surface area contributed by atoms with E-state index >= 15 is 0 Å². The van der Waals surface area contributed by atoms with Crippen LogP contribution in [0.5, 0.6) is 0 Å². The van der Waals surface area contributed by atoms with Gasteiger partial charge in [0.2, 0.25) is 0 Å². The van der Waals surface area contributed by atoms with E-state index in [1.54, 1.807) is 0 Å². The van der Waals surface area contributed by atoms with Gasteiger partial charge >= 0.3 is 5.97 Å². The number of esters is 1. The minimum Gasteiger partial charge on any atom is -0.468 e. The van der Waals surface area contributed by atoms with Crippen molar-refractivity contribution in [3.05, 3.63) is 0 Å². The zero-order valence-corrected chi connectivity index (χ0v) is 11.2. The number of nitrogens with two attached hydrogens (primary N) is 1. The largest absolute Gasteiger partial charge is 0.468 e. The van der Waals surface area contributed by atoms with Crippen LogP contribution < -0.4 is 5.73 Å². The second-order valence-corrected chi connectivity index (χ2v) is 6.31. The van der Waals surface area contributed by atoms with E-state index in [0.29, 0.717) is 5.92 Å². The summed E-state index contributed by atoms with van der Waals surface area (Å²) in [6.45, 7) is 2.59. The molecule has 0 radical (unpaired) electrons. The lowest BCUT2D eigenvalue weighted by Gasteiger charge is -2.48. The molecule has 0 aromatic rings. The van der Waals surface area contributed by atoms with Crippen LogP contribution in [0.15, 0.2) is 0 Å². The lowest BCUT2D eigenvalue weighted by atomic mass is 9.75. The SMILES string of the molecule is COC(=O)C(N)CC1CC2C3CCN(CC3)C2C1. The van der Waals surface area contributed by atoms with Crippen LogP contribution in [0.2, 0.25) is 0 Å². The fraction of sp³-hybridized carbons (Fsp3) is 0.929. The molecule has 4 fully saturated rings. The van der Waals surface area contributed by atoms with E-state index in [9.17, 15) is 4.79 Å². The molecule has 102 valence electrons. The summed E-state index contributed by atoms with van der Waals surface area (Å²) in [5.74, 6) is 2.19. The minimum atomic E-state index is -0.423. The molecule has 3 heterocycles. The van der Waals surface area contributed by atoms with Gasteiger partial charge in [-0.3, -0.25) is 4.79 Å². The van der Waals surface area contributed by atoms with Crippen molar-refractivity contribution in [2.24, 2.45) is 23.5 Å². The second kappa shape index (κ2) is 4.82. The minimum absolute atomic E-state index is 0.256. The van der Waals surface area contributed by atoms with Crippen LogP contribution in [-0.4, -0.2) is 43.2 Å². The van der Waals surface area contributed by atoms with E-state index in [1.165, 1.54) is 45.9 Å². The number of fused-ring (bicyclic) bond motifs is 2. The van der Waals surface area contributed by atoms with Gasteiger partial charge in [-0.25, -0.2) is 0 Å². The molecule has 2 N–H and O–H groups in total. The molecule has 4 aliphatic rings. The Kier molecular flexibility index (Phi) is 3.32. The fourth-order valence-corrected chi connectivity index (χ4v) is 4.56. The van der Waals surface area contributed by atoms with E-state index in [1.807, 2.05) is 0 Å². The Balaban J connectivity index is 1.60. The number of piperidine rings is 3. The number of ether oxygens (including phenoxy) is 1. The molecule has 4 rings (SSSR count). The summed E-state index contributed by atoms with van der Waals surface area (Å²) in [4.78, 5) is 14.1. The number of carbonyl (C=O) groups excluding carboxylic acids is 1. The highest BCUT2D eigenvalue weighted by Crippen LogP contribution is 2.48. The quantitative estimate of drug-likeness (QED) is 0.761. The second-order valence-electron chi connectivity index (χ2n) is 6.31. The van der Waals surface area contributed by atoms with Crippen LogP contribution >= 0.6 is 0 Å². The first-order valence-electron chi connectivity index (χ1n) is 7.26. The summed E-state index contributed by atoms with van der Waals surface area (Å²) >= 11 is 0. The highest BCUT2D eigenvalue weighted by molar-refractivity contribution is 5.75. The summed E-state index contributed by atoms with van der Waals surface area (Å²) in [7, 11) is 1.42. The third kappa shape index (κ3) is 2.05. The maximum atomic E-state index is 11.4. The van der Waals surface area contributed by atoms with Crippen LogP contribution in [0.1, 0.15) is 32.1 Å². The monoisotopic (exact) mass is 252 g/mol. The average molecular weight is 252 g/mol. The van der Waals surface area contributed by atoms with Gasteiger partial charge < -0.3 is 15.4 Å². The number of hydrogen-bond acceptors (Lipinski definition) is 4. The summed E-state index contributed by atoms with van der Waals surface area (Å²) in [5.41, 5.74) is 5.89. The molecule has 4 nitrogen and oxygen atoms in total. The van der Waals surface area contributed by atoms with Crippen LogP contribution in [0, 0.1) is 17.8 Å². The van der Waals surface area contributed by atoms with Crippen LogP contribution in [-0.2, 0) is 9.53 Å². The van der Waals surface area contributed by atoms with Gasteiger partial charge in [-0.1, -0.05) is 0 Å². The smallest absolute Gasteiger partial charge is 0.322 e. The molecule has 1 saturated carbocycles. The van der Waals surface area contributed by atoms with Gasteiger partial charge in [-0.2, -0.15) is 0 Å². The van der Waals surface area contributed by atoms with Gasteiger partial charge in [0.1, 0.15) is 6.04 Å². The van der Waals surface area contributed by atoms with Crippen LogP contribution in [0.4, 0.5) is 0 Å². The Hall–Kier alpha value is -0.610. The van der Waals surface area contributed by atoms with E-state index in [0.717, 1.165) is 24.3 Å². The molecule has 4 atom stereocenters. The summed E-state index contributed by atoms with van der Waals surface area (Å²) in [6, 6.07) is 0.361. The molecule has 18 heavy (non-hydrogen) atoms. The van der Waals surface area contributed by atoms with Gasteiger partial charge in [0.15, 0.2) is 0 Å². The maximum Gasteiger partial charge on any atom is 0.322 e. The maximum absolute atomic E-state index is 11.4. The first kappa shape index (κ1) is 12.4.